The van der Waals surface area contributed by atoms with E-state index in [1.807, 2.05) is 12.1 Å². The third kappa shape index (κ3) is 7.43. The maximum atomic E-state index is 12.3. The van der Waals surface area contributed by atoms with E-state index in [0.717, 1.165) is 23.6 Å². The Kier molecular flexibility index (Phi) is 9.70. The highest BCUT2D eigenvalue weighted by Crippen LogP contribution is 2.38. The van der Waals surface area contributed by atoms with Gasteiger partial charge in [0.15, 0.2) is 5.75 Å². The van der Waals surface area contributed by atoms with E-state index < -0.39 is 0 Å². The molecule has 2 rings (SSSR count). The predicted molar refractivity (Wildman–Crippen MR) is 144 cm³/mol. The van der Waals surface area contributed by atoms with E-state index in [2.05, 4.69) is 107 Å². The lowest BCUT2D eigenvalue weighted by molar-refractivity contribution is -0.159. The number of benzene rings is 1. The van der Waals surface area contributed by atoms with E-state index in [1.54, 1.807) is 0 Å². The summed E-state index contributed by atoms with van der Waals surface area (Å²) in [4.78, 5) is 26.9. The van der Waals surface area contributed by atoms with Crippen LogP contribution in [0.15, 0.2) is 12.1 Å². The second-order valence-corrected chi connectivity index (χ2v) is 12.7. The van der Waals surface area contributed by atoms with Gasteiger partial charge in [-0.25, -0.2) is 0 Å². The van der Waals surface area contributed by atoms with Crippen molar-refractivity contribution in [1.82, 2.24) is 4.90 Å². The monoisotopic (exact) mass is 753 g/mol. The zero-order valence-corrected chi connectivity index (χ0v) is 24.7. The van der Waals surface area contributed by atoms with Gasteiger partial charge in [0.25, 0.3) is 0 Å². The van der Waals surface area contributed by atoms with Crippen LogP contribution in [-0.4, -0.2) is 41.1 Å². The van der Waals surface area contributed by atoms with Crippen molar-refractivity contribution in [3.05, 3.63) is 22.8 Å². The fraction of sp³-hybridized carbons (Fsp3) is 0.636. The molecule has 168 valence electrons. The second kappa shape index (κ2) is 11.0. The minimum Gasteiger partial charge on any atom is -0.462 e. The first-order valence-electron chi connectivity index (χ1n) is 10.1. The first-order chi connectivity index (χ1) is 13.8. The SMILES string of the molecule is CN1C(C)(C)CC(OC(=O)CCCCC(=O)Oc2c(I)cc(I)cc2I)CC1(C)C. The average molecular weight is 753 g/mol. The fourth-order valence-electron chi connectivity index (χ4n) is 3.94. The van der Waals surface area contributed by atoms with Crippen molar-refractivity contribution in [3.8, 4) is 5.75 Å². The Hall–Kier alpha value is 0.310. The van der Waals surface area contributed by atoms with Gasteiger partial charge in [0.1, 0.15) is 6.10 Å². The van der Waals surface area contributed by atoms with Crippen LogP contribution in [0.5, 0.6) is 5.75 Å². The highest BCUT2D eigenvalue weighted by atomic mass is 127. The van der Waals surface area contributed by atoms with Crippen LogP contribution in [0.25, 0.3) is 0 Å². The van der Waals surface area contributed by atoms with Gasteiger partial charge in [0.2, 0.25) is 0 Å². The standard InChI is InChI=1S/C22H30I3NO4/c1-21(2)12-15(13-22(3,4)26(21)5)29-18(27)8-6-7-9-19(28)30-20-16(24)10-14(23)11-17(20)25/h10-11,15H,6-9,12-13H2,1-5H3. The maximum Gasteiger partial charge on any atom is 0.311 e. The highest BCUT2D eigenvalue weighted by molar-refractivity contribution is 14.1. The largest absolute Gasteiger partial charge is 0.462 e. The number of unbranched alkanes of at least 4 members (excludes halogenated alkanes) is 1. The lowest BCUT2D eigenvalue weighted by Gasteiger charge is -2.53. The van der Waals surface area contributed by atoms with Gasteiger partial charge in [-0.15, -0.1) is 0 Å². The van der Waals surface area contributed by atoms with Gasteiger partial charge in [0.05, 0.1) is 7.14 Å². The molecule has 1 aliphatic rings. The number of nitrogens with zero attached hydrogens (tertiary/aromatic N) is 1. The van der Waals surface area contributed by atoms with Crippen molar-refractivity contribution in [2.24, 2.45) is 0 Å². The van der Waals surface area contributed by atoms with Crippen molar-refractivity contribution in [3.63, 3.8) is 0 Å². The fourth-order valence-corrected chi connectivity index (χ4v) is 7.74. The van der Waals surface area contributed by atoms with E-state index in [9.17, 15) is 9.59 Å². The summed E-state index contributed by atoms with van der Waals surface area (Å²) >= 11 is 6.60. The number of ether oxygens (including phenoxy) is 2. The molecule has 0 N–H and O–H groups in total. The number of esters is 2. The lowest BCUT2D eigenvalue weighted by atomic mass is 9.79. The minimum atomic E-state index is -0.265. The molecular formula is C22H30I3NO4. The molecule has 5 nitrogen and oxygen atoms in total. The van der Waals surface area contributed by atoms with Crippen LogP contribution in [0.2, 0.25) is 0 Å². The van der Waals surface area contributed by atoms with Crippen LogP contribution in [-0.2, 0) is 14.3 Å². The van der Waals surface area contributed by atoms with Gasteiger partial charge >= 0.3 is 11.9 Å². The summed E-state index contributed by atoms with van der Waals surface area (Å²) in [6, 6.07) is 3.96. The third-order valence-electron chi connectivity index (χ3n) is 5.76. The van der Waals surface area contributed by atoms with Crippen LogP contribution in [0.1, 0.15) is 66.2 Å². The van der Waals surface area contributed by atoms with Crippen LogP contribution < -0.4 is 4.74 Å². The normalized spacial score (nSPS) is 18.8. The lowest BCUT2D eigenvalue weighted by Crippen LogP contribution is -2.60. The van der Waals surface area contributed by atoms with Crippen LogP contribution in [0.3, 0.4) is 0 Å². The Bertz CT molecular complexity index is 754. The third-order valence-corrected chi connectivity index (χ3v) is 7.98. The number of halogens is 3. The van der Waals surface area contributed by atoms with Gasteiger partial charge in [-0.1, -0.05) is 0 Å². The van der Waals surface area contributed by atoms with Gasteiger partial charge < -0.3 is 9.47 Å². The number of hydrogen-bond donors (Lipinski definition) is 0. The molecule has 0 bridgehead atoms. The number of likely N-dealkylation sites (tertiary alicyclic amines) is 1. The van der Waals surface area contributed by atoms with Crippen molar-refractivity contribution in [1.29, 1.82) is 0 Å². The van der Waals surface area contributed by atoms with E-state index in [1.165, 1.54) is 0 Å². The molecule has 8 heteroatoms. The molecule has 1 fully saturated rings. The van der Waals surface area contributed by atoms with Gasteiger partial charge in [0, 0.05) is 40.3 Å². The molecule has 1 aliphatic heterocycles. The molecule has 0 saturated carbocycles. The van der Waals surface area contributed by atoms with E-state index in [0.29, 0.717) is 31.4 Å². The van der Waals surface area contributed by atoms with E-state index >= 15 is 0 Å². The molecule has 1 heterocycles. The number of carbonyl (C=O) groups excluding carboxylic acids is 2. The quantitative estimate of drug-likeness (QED) is 0.145. The van der Waals surface area contributed by atoms with Gasteiger partial charge in [-0.3, -0.25) is 14.5 Å². The summed E-state index contributed by atoms with van der Waals surface area (Å²) in [5.74, 6) is 0.180. The summed E-state index contributed by atoms with van der Waals surface area (Å²) in [6.07, 6.45) is 3.45. The topological polar surface area (TPSA) is 55.8 Å². The summed E-state index contributed by atoms with van der Waals surface area (Å²) in [5.41, 5.74) is -0.0258. The smallest absolute Gasteiger partial charge is 0.311 e. The Labute approximate surface area is 220 Å². The maximum absolute atomic E-state index is 12.3. The summed E-state index contributed by atoms with van der Waals surface area (Å²) in [5, 5.41) is 0. The first kappa shape index (κ1) is 26.6. The summed E-state index contributed by atoms with van der Waals surface area (Å²) in [6.45, 7) is 8.76. The minimum absolute atomic E-state index is 0.0129. The van der Waals surface area contributed by atoms with Gasteiger partial charge in [-0.2, -0.15) is 0 Å². The molecule has 0 spiro atoms. The number of hydrogen-bond acceptors (Lipinski definition) is 5. The molecule has 0 aliphatic carbocycles. The molecule has 0 radical (unpaired) electrons. The molecule has 0 atom stereocenters. The zero-order valence-electron chi connectivity index (χ0n) is 18.2. The van der Waals surface area contributed by atoms with Crippen LogP contribution >= 0.6 is 67.8 Å². The summed E-state index contributed by atoms with van der Waals surface area (Å²) < 4.78 is 14.3. The van der Waals surface area contributed by atoms with E-state index in [4.69, 9.17) is 9.47 Å². The van der Waals surface area contributed by atoms with E-state index in [-0.39, 0.29) is 29.1 Å². The number of piperidine rings is 1. The molecule has 0 unspecified atom stereocenters. The molecule has 0 amide bonds. The second-order valence-electron chi connectivity index (χ2n) is 9.08. The van der Waals surface area contributed by atoms with Crippen molar-refractivity contribution < 1.29 is 19.1 Å². The molecule has 0 aromatic heterocycles. The first-order valence-corrected chi connectivity index (χ1v) is 13.3. The Morgan fingerprint density at radius 3 is 1.93 bits per heavy atom. The van der Waals surface area contributed by atoms with Gasteiger partial charge in [-0.05, 0) is 127 Å². The molecule has 1 saturated heterocycles. The predicted octanol–water partition coefficient (Wildman–Crippen LogP) is 6.16. The molecular weight excluding hydrogens is 723 g/mol. The Morgan fingerprint density at radius 1 is 0.967 bits per heavy atom. The van der Waals surface area contributed by atoms with Crippen molar-refractivity contribution in [2.45, 2.75) is 83.4 Å². The number of carbonyl (C=O) groups is 2. The Morgan fingerprint density at radius 2 is 1.43 bits per heavy atom. The van der Waals surface area contributed by atoms with Crippen LogP contribution in [0.4, 0.5) is 0 Å². The summed E-state index contributed by atoms with van der Waals surface area (Å²) in [7, 11) is 2.13. The molecule has 1 aromatic carbocycles. The average Bonchev–Trinajstić information content (AvgIpc) is 2.59. The zero-order chi connectivity index (χ0) is 22.7. The highest BCUT2D eigenvalue weighted by Gasteiger charge is 2.44. The van der Waals surface area contributed by atoms with Crippen LogP contribution in [0, 0.1) is 10.7 Å². The molecule has 1 aromatic rings. The van der Waals surface area contributed by atoms with Crippen molar-refractivity contribution in [2.75, 3.05) is 7.05 Å². The number of rotatable bonds is 7. The molecule has 30 heavy (non-hydrogen) atoms. The van der Waals surface area contributed by atoms with Crippen molar-refractivity contribution >= 4 is 79.7 Å². The Balaban J connectivity index is 1.74.